The first kappa shape index (κ1) is 35.1. The van der Waals surface area contributed by atoms with Crippen molar-refractivity contribution in [1.82, 2.24) is 19.1 Å². The fraction of sp³-hybridized carbons (Fsp3) is 0.300. The first-order valence-corrected chi connectivity index (χ1v) is 19.7. The summed E-state index contributed by atoms with van der Waals surface area (Å²) in [6, 6.07) is 34.8. The molecule has 8 aromatic rings. The van der Waals surface area contributed by atoms with Crippen molar-refractivity contribution in [3.63, 3.8) is 0 Å². The molecule has 57 heavy (non-hydrogen) atoms. The van der Waals surface area contributed by atoms with E-state index in [1.54, 1.807) is 0 Å². The quantitative estimate of drug-likeness (QED) is 0.165. The van der Waals surface area contributed by atoms with Crippen LogP contribution in [-0.2, 0) is 44.0 Å². The molecule has 6 nitrogen and oxygen atoms in total. The van der Waals surface area contributed by atoms with Crippen LogP contribution < -0.4 is 0 Å². The van der Waals surface area contributed by atoms with Gasteiger partial charge in [-0.25, -0.2) is 4.98 Å². The molecule has 0 amide bonds. The van der Waals surface area contributed by atoms with E-state index in [0.29, 0.717) is 23.6 Å². The molecule has 0 saturated carbocycles. The number of aryl methyl sites for hydroxylation is 3. The SMILES string of the molecule is [2H]C1([2H])c2cc(C)cc(C)c2C[C@]2(C)OC(c3[c-]c(-n4c5[c-]c(-n6c7ccc(C(C)(C)C)cc7c7cccnc76)ccc5c5cc(C)ccc54)cc(C(C)C)n3)=N[C@@H]12.[Pt+2]. The Morgan fingerprint density at radius 2 is 1.61 bits per heavy atom. The molecule has 5 heterocycles. The van der Waals surface area contributed by atoms with Crippen LogP contribution >= 0.6 is 0 Å². The van der Waals surface area contributed by atoms with Crippen molar-refractivity contribution >= 4 is 49.6 Å². The molecular formula is C50H47N5OPt. The van der Waals surface area contributed by atoms with Crippen molar-refractivity contribution in [2.75, 3.05) is 0 Å². The van der Waals surface area contributed by atoms with E-state index in [4.69, 9.17) is 19.7 Å². The first-order chi connectivity index (χ1) is 27.5. The molecule has 288 valence electrons. The van der Waals surface area contributed by atoms with Gasteiger partial charge >= 0.3 is 21.1 Å². The molecule has 4 aromatic heterocycles. The van der Waals surface area contributed by atoms with E-state index in [9.17, 15) is 2.74 Å². The molecular weight excluding hydrogens is 882 g/mol. The predicted molar refractivity (Wildman–Crippen MR) is 229 cm³/mol. The predicted octanol–water partition coefficient (Wildman–Crippen LogP) is 11.3. The smallest absolute Gasteiger partial charge is 0.524 e. The summed E-state index contributed by atoms with van der Waals surface area (Å²) in [5.41, 5.74) is 12.3. The third kappa shape index (κ3) is 5.97. The first-order valence-electron chi connectivity index (χ1n) is 20.7. The maximum absolute atomic E-state index is 9.42. The third-order valence-corrected chi connectivity index (χ3v) is 11.8. The molecule has 0 N–H and O–H groups in total. The Labute approximate surface area is 352 Å². The Hall–Kier alpha value is -5.06. The molecule has 1 aliphatic carbocycles. The third-order valence-electron chi connectivity index (χ3n) is 11.8. The molecule has 0 unspecified atom stereocenters. The summed E-state index contributed by atoms with van der Waals surface area (Å²) in [5.74, 6) is 0.416. The Morgan fingerprint density at radius 3 is 2.40 bits per heavy atom. The second-order valence-electron chi connectivity index (χ2n) is 17.5. The summed E-state index contributed by atoms with van der Waals surface area (Å²) in [6.07, 6.45) is 0.686. The zero-order valence-electron chi connectivity index (χ0n) is 35.9. The molecule has 10 rings (SSSR count). The topological polar surface area (TPSA) is 57.2 Å². The largest absolute Gasteiger partial charge is 2.00 e. The molecule has 2 aliphatic rings. The van der Waals surface area contributed by atoms with Crippen molar-refractivity contribution < 1.29 is 28.5 Å². The second kappa shape index (κ2) is 13.2. The molecule has 0 fully saturated rings. The van der Waals surface area contributed by atoms with Crippen LogP contribution in [0.1, 0.15) is 95.0 Å². The van der Waals surface area contributed by atoms with Crippen molar-refractivity contribution in [1.29, 1.82) is 0 Å². The number of pyridine rings is 2. The van der Waals surface area contributed by atoms with E-state index in [1.165, 1.54) is 16.5 Å². The van der Waals surface area contributed by atoms with Crippen molar-refractivity contribution in [2.45, 2.75) is 98.1 Å². The number of fused-ring (bicyclic) bond motifs is 8. The zero-order chi connectivity index (χ0) is 40.6. The number of aliphatic imine (C=N–C) groups is 1. The number of benzene rings is 4. The van der Waals surface area contributed by atoms with Crippen LogP contribution in [0.5, 0.6) is 0 Å². The normalized spacial score (nSPS) is 19.3. The molecule has 4 aromatic carbocycles. The summed E-state index contributed by atoms with van der Waals surface area (Å²) in [5, 5.41) is 4.47. The van der Waals surface area contributed by atoms with E-state index >= 15 is 0 Å². The van der Waals surface area contributed by atoms with Crippen LogP contribution in [0.3, 0.4) is 0 Å². The minimum Gasteiger partial charge on any atom is -0.524 e. The maximum atomic E-state index is 9.42. The summed E-state index contributed by atoms with van der Waals surface area (Å²) >= 11 is 0. The Bertz CT molecular complexity index is 3080. The van der Waals surface area contributed by atoms with E-state index in [1.807, 2.05) is 32.2 Å². The van der Waals surface area contributed by atoms with Gasteiger partial charge in [0.25, 0.3) is 0 Å². The molecule has 7 heteroatoms. The van der Waals surface area contributed by atoms with Crippen LogP contribution in [0.15, 0.2) is 90.1 Å². The summed E-state index contributed by atoms with van der Waals surface area (Å²) in [7, 11) is 0. The van der Waals surface area contributed by atoms with Crippen LogP contribution in [0, 0.1) is 32.9 Å². The molecule has 0 radical (unpaired) electrons. The van der Waals surface area contributed by atoms with Gasteiger partial charge in [0.2, 0.25) is 0 Å². The average Bonchev–Trinajstić information content (AvgIpc) is 3.82. The van der Waals surface area contributed by atoms with Crippen molar-refractivity contribution in [3.8, 4) is 11.4 Å². The number of aromatic nitrogens is 4. The van der Waals surface area contributed by atoms with Gasteiger partial charge in [-0.3, -0.25) is 4.98 Å². The van der Waals surface area contributed by atoms with Gasteiger partial charge in [0, 0.05) is 37.3 Å². The average molecular weight is 931 g/mol. The number of rotatable bonds is 4. The van der Waals surface area contributed by atoms with E-state index in [0.717, 1.165) is 72.1 Å². The maximum Gasteiger partial charge on any atom is 2.00 e. The molecule has 0 saturated heterocycles. The van der Waals surface area contributed by atoms with E-state index in [2.05, 4.69) is 136 Å². The summed E-state index contributed by atoms with van der Waals surface area (Å²) in [6.45, 7) is 19.2. The number of ether oxygens (including phenoxy) is 1. The molecule has 1 aliphatic heterocycles. The fourth-order valence-corrected chi connectivity index (χ4v) is 8.83. The Morgan fingerprint density at radius 1 is 0.842 bits per heavy atom. The van der Waals surface area contributed by atoms with Gasteiger partial charge in [-0.15, -0.1) is 29.7 Å². The minimum atomic E-state index is -1.73. The summed E-state index contributed by atoms with van der Waals surface area (Å²) < 4.78 is 30.1. The Balaban J connectivity index is 0.00000449. The van der Waals surface area contributed by atoms with Gasteiger partial charge in [0.15, 0.2) is 0 Å². The van der Waals surface area contributed by atoms with Crippen LogP contribution in [0.25, 0.3) is 55.1 Å². The summed E-state index contributed by atoms with van der Waals surface area (Å²) in [4.78, 5) is 15.1. The van der Waals surface area contributed by atoms with Gasteiger partial charge in [-0.2, -0.15) is 6.07 Å². The van der Waals surface area contributed by atoms with Crippen LogP contribution in [0.2, 0.25) is 0 Å². The van der Waals surface area contributed by atoms with Crippen molar-refractivity contribution in [2.24, 2.45) is 4.99 Å². The molecule has 0 bridgehead atoms. The number of hydrogen-bond donors (Lipinski definition) is 0. The van der Waals surface area contributed by atoms with Gasteiger partial charge in [0.1, 0.15) is 17.1 Å². The van der Waals surface area contributed by atoms with Gasteiger partial charge in [-0.05, 0) is 109 Å². The van der Waals surface area contributed by atoms with Gasteiger partial charge in [0.05, 0.1) is 11.6 Å². The minimum absolute atomic E-state index is 0. The Kier molecular flexibility index (Phi) is 8.16. The van der Waals surface area contributed by atoms with Crippen molar-refractivity contribution in [3.05, 3.63) is 142 Å². The number of nitrogens with zero attached hydrogens (tertiary/aromatic N) is 5. The standard InChI is InChI=1S/C50H47N5O.Pt/c1-28(2)41-24-35(25-42(52-41)48-53-46-22-32-20-30(4)19-31(5)40(32)27-50(46,9)56-48)54-43-16-12-29(3)21-38(43)36-15-14-34(26-45(36)54)55-44-17-13-33(49(6,7)8)23-39(44)37-11-10-18-51-47(37)55;/h10-21,23-24,28,46H,22,27H2,1-9H3;/q-2;+2/t46-,50-;/m0./s1/i22D2;. The van der Waals surface area contributed by atoms with Gasteiger partial charge in [-0.1, -0.05) is 93.0 Å². The van der Waals surface area contributed by atoms with E-state index < -0.39 is 18.0 Å². The fourth-order valence-electron chi connectivity index (χ4n) is 8.83. The van der Waals surface area contributed by atoms with Crippen LogP contribution in [0.4, 0.5) is 0 Å². The molecule has 2 atom stereocenters. The van der Waals surface area contributed by atoms with E-state index in [-0.39, 0.29) is 32.4 Å². The molecule has 0 spiro atoms. The second-order valence-corrected chi connectivity index (χ2v) is 17.5. The number of hydrogen-bond acceptors (Lipinski definition) is 4. The van der Waals surface area contributed by atoms with Crippen LogP contribution in [-0.4, -0.2) is 36.6 Å². The zero-order valence-corrected chi connectivity index (χ0v) is 36.2. The monoisotopic (exact) mass is 930 g/mol. The van der Waals surface area contributed by atoms with Gasteiger partial charge < -0.3 is 18.9 Å².